The van der Waals surface area contributed by atoms with Crippen molar-refractivity contribution in [3.63, 3.8) is 0 Å². The second-order valence-electron chi connectivity index (χ2n) is 6.18. The monoisotopic (exact) mass is 425 g/mol. The van der Waals surface area contributed by atoms with Gasteiger partial charge in [0.05, 0.1) is 27.0 Å². The number of nitrogens with zero attached hydrogens (tertiary/aromatic N) is 1. The number of carbonyl (C=O) groups is 1. The van der Waals surface area contributed by atoms with Gasteiger partial charge in [0, 0.05) is 22.9 Å². The van der Waals surface area contributed by atoms with Crippen molar-refractivity contribution in [3.05, 3.63) is 47.8 Å². The van der Waals surface area contributed by atoms with Crippen LogP contribution in [0.25, 0.3) is 22.4 Å². The van der Waals surface area contributed by atoms with Crippen LogP contribution in [-0.4, -0.2) is 32.3 Å². The first kappa shape index (κ1) is 19.6. The lowest BCUT2D eigenvalue weighted by Gasteiger charge is -2.14. The number of fused-ring (bicyclic) bond motifs is 1. The van der Waals surface area contributed by atoms with E-state index in [2.05, 4.69) is 15.6 Å². The number of benzene rings is 2. The van der Waals surface area contributed by atoms with Gasteiger partial charge in [0.2, 0.25) is 5.75 Å². The summed E-state index contributed by atoms with van der Waals surface area (Å²) in [5.41, 5.74) is 1.92. The molecular weight excluding hydrogens is 406 g/mol. The smallest absolute Gasteiger partial charge is 0.325 e. The van der Waals surface area contributed by atoms with Crippen LogP contribution in [-0.2, 0) is 0 Å². The molecule has 4 rings (SSSR count). The van der Waals surface area contributed by atoms with Crippen LogP contribution in [0.2, 0.25) is 0 Å². The Hall–Kier alpha value is -3.72. The van der Waals surface area contributed by atoms with E-state index >= 15 is 0 Å². The molecule has 154 valence electrons. The van der Waals surface area contributed by atoms with Crippen molar-refractivity contribution < 1.29 is 23.4 Å². The number of ether oxygens (including phenoxy) is 3. The third-order valence-corrected chi connectivity index (χ3v) is 5.08. The van der Waals surface area contributed by atoms with Gasteiger partial charge in [0.1, 0.15) is 11.3 Å². The number of para-hydroxylation sites is 1. The number of urea groups is 1. The Labute approximate surface area is 176 Å². The van der Waals surface area contributed by atoms with E-state index in [-0.39, 0.29) is 0 Å². The van der Waals surface area contributed by atoms with Crippen LogP contribution in [0.4, 0.5) is 15.6 Å². The molecule has 8 nitrogen and oxygen atoms in total. The largest absolute Gasteiger partial charge is 0.493 e. The molecule has 2 aromatic carbocycles. The van der Waals surface area contributed by atoms with Crippen LogP contribution < -0.4 is 24.8 Å². The summed E-state index contributed by atoms with van der Waals surface area (Å²) >= 11 is 1.30. The van der Waals surface area contributed by atoms with Gasteiger partial charge < -0.3 is 23.9 Å². The molecule has 2 N–H and O–H groups in total. The third kappa shape index (κ3) is 3.87. The number of thiazole rings is 1. The minimum Gasteiger partial charge on any atom is -0.493 e. The second kappa shape index (κ2) is 8.34. The predicted molar refractivity (Wildman–Crippen MR) is 116 cm³/mol. The van der Waals surface area contributed by atoms with E-state index in [0.717, 1.165) is 11.0 Å². The first-order valence-corrected chi connectivity index (χ1v) is 9.81. The molecule has 0 saturated carbocycles. The molecule has 9 heteroatoms. The summed E-state index contributed by atoms with van der Waals surface area (Å²) < 4.78 is 21.7. The minimum absolute atomic E-state index is 0.438. The van der Waals surface area contributed by atoms with E-state index in [4.69, 9.17) is 18.6 Å². The summed E-state index contributed by atoms with van der Waals surface area (Å²) in [6, 6.07) is 12.5. The molecule has 0 atom stereocenters. The normalized spacial score (nSPS) is 10.6. The predicted octanol–water partition coefficient (Wildman–Crippen LogP) is 5.23. The number of carbonyl (C=O) groups excluding carboxylic acids is 1. The van der Waals surface area contributed by atoms with E-state index in [1.54, 1.807) is 12.1 Å². The molecule has 4 aromatic rings. The standard InChI is InChI=1S/C21H19N3O5S/c1-26-17-9-13(10-18(27-2)19(17)28-3)22-20(25)24-21-23-14(11-30-21)16-8-12-6-4-5-7-15(12)29-16/h4-11H,1-3H3,(H2,22,23,24,25). The zero-order chi connectivity index (χ0) is 21.1. The van der Waals surface area contributed by atoms with Crippen molar-refractivity contribution in [2.75, 3.05) is 32.0 Å². The van der Waals surface area contributed by atoms with Gasteiger partial charge in [0.25, 0.3) is 0 Å². The Morgan fingerprint density at radius 2 is 1.73 bits per heavy atom. The third-order valence-electron chi connectivity index (χ3n) is 4.33. The molecule has 0 aliphatic carbocycles. The summed E-state index contributed by atoms with van der Waals surface area (Å²) in [6.45, 7) is 0. The zero-order valence-corrected chi connectivity index (χ0v) is 17.3. The summed E-state index contributed by atoms with van der Waals surface area (Å²) in [4.78, 5) is 16.9. The molecule has 0 unspecified atom stereocenters. The number of methoxy groups -OCH3 is 3. The van der Waals surface area contributed by atoms with Crippen molar-refractivity contribution in [2.24, 2.45) is 0 Å². The van der Waals surface area contributed by atoms with Gasteiger partial charge in [-0.3, -0.25) is 5.32 Å². The highest BCUT2D eigenvalue weighted by Gasteiger charge is 2.16. The van der Waals surface area contributed by atoms with E-state index in [1.807, 2.05) is 35.7 Å². The molecule has 30 heavy (non-hydrogen) atoms. The Morgan fingerprint density at radius 3 is 2.40 bits per heavy atom. The molecular formula is C21H19N3O5S. The van der Waals surface area contributed by atoms with Gasteiger partial charge in [-0.1, -0.05) is 18.2 Å². The van der Waals surface area contributed by atoms with Crippen LogP contribution >= 0.6 is 11.3 Å². The van der Waals surface area contributed by atoms with Crippen molar-refractivity contribution in [3.8, 4) is 28.7 Å². The molecule has 0 fully saturated rings. The van der Waals surface area contributed by atoms with Crippen molar-refractivity contribution in [1.82, 2.24) is 4.98 Å². The molecule has 2 amide bonds. The lowest BCUT2D eigenvalue weighted by atomic mass is 10.2. The maximum Gasteiger partial charge on any atom is 0.325 e. The number of furan rings is 1. The fraction of sp³-hybridized carbons (Fsp3) is 0.143. The van der Waals surface area contributed by atoms with E-state index in [1.165, 1.54) is 32.7 Å². The second-order valence-corrected chi connectivity index (χ2v) is 7.04. The average Bonchev–Trinajstić information content (AvgIpc) is 3.39. The summed E-state index contributed by atoms with van der Waals surface area (Å²) in [5.74, 6) is 1.97. The summed E-state index contributed by atoms with van der Waals surface area (Å²) in [6.07, 6.45) is 0. The number of rotatable bonds is 6. The number of hydrogen-bond donors (Lipinski definition) is 2. The van der Waals surface area contributed by atoms with E-state index in [9.17, 15) is 4.79 Å². The first-order chi connectivity index (χ1) is 14.6. The van der Waals surface area contributed by atoms with Crippen molar-refractivity contribution in [1.29, 1.82) is 0 Å². The molecule has 0 bridgehead atoms. The Balaban J connectivity index is 1.48. The average molecular weight is 425 g/mol. The molecule has 0 saturated heterocycles. The molecule has 0 radical (unpaired) electrons. The number of aromatic nitrogens is 1. The fourth-order valence-corrected chi connectivity index (χ4v) is 3.66. The highest BCUT2D eigenvalue weighted by Crippen LogP contribution is 2.40. The van der Waals surface area contributed by atoms with E-state index < -0.39 is 6.03 Å². The van der Waals surface area contributed by atoms with E-state index in [0.29, 0.717) is 39.5 Å². The van der Waals surface area contributed by atoms with Gasteiger partial charge >= 0.3 is 6.03 Å². The van der Waals surface area contributed by atoms with Gasteiger partial charge in [0.15, 0.2) is 22.4 Å². The van der Waals surface area contributed by atoms with Gasteiger partial charge in [-0.05, 0) is 12.1 Å². The fourth-order valence-electron chi connectivity index (χ4n) is 2.97. The maximum atomic E-state index is 12.4. The zero-order valence-electron chi connectivity index (χ0n) is 16.5. The van der Waals surface area contributed by atoms with Crippen molar-refractivity contribution in [2.45, 2.75) is 0 Å². The lowest BCUT2D eigenvalue weighted by Crippen LogP contribution is -2.19. The molecule has 2 aromatic heterocycles. The highest BCUT2D eigenvalue weighted by atomic mass is 32.1. The number of hydrogen-bond acceptors (Lipinski definition) is 7. The minimum atomic E-state index is -0.449. The molecule has 0 aliphatic heterocycles. The number of anilines is 2. The van der Waals surface area contributed by atoms with Gasteiger partial charge in [-0.25, -0.2) is 9.78 Å². The van der Waals surface area contributed by atoms with Crippen LogP contribution in [0.15, 0.2) is 52.3 Å². The van der Waals surface area contributed by atoms with Gasteiger partial charge in [-0.15, -0.1) is 11.3 Å². The Bertz CT molecular complexity index is 1140. The van der Waals surface area contributed by atoms with Crippen LogP contribution in [0.1, 0.15) is 0 Å². The summed E-state index contributed by atoms with van der Waals surface area (Å²) in [5, 5.41) is 8.72. The Morgan fingerprint density at radius 1 is 1.00 bits per heavy atom. The highest BCUT2D eigenvalue weighted by molar-refractivity contribution is 7.14. The van der Waals surface area contributed by atoms with Crippen LogP contribution in [0.5, 0.6) is 17.2 Å². The molecule has 0 aliphatic rings. The lowest BCUT2D eigenvalue weighted by molar-refractivity contribution is 0.262. The van der Waals surface area contributed by atoms with Gasteiger partial charge in [-0.2, -0.15) is 0 Å². The molecule has 0 spiro atoms. The van der Waals surface area contributed by atoms with Crippen molar-refractivity contribution >= 4 is 39.2 Å². The Kier molecular flexibility index (Phi) is 5.44. The van der Waals surface area contributed by atoms with Crippen LogP contribution in [0.3, 0.4) is 0 Å². The quantitative estimate of drug-likeness (QED) is 0.439. The number of nitrogens with one attached hydrogen (secondary N) is 2. The molecule has 2 heterocycles. The summed E-state index contributed by atoms with van der Waals surface area (Å²) in [7, 11) is 4.54. The first-order valence-electron chi connectivity index (χ1n) is 8.93. The SMILES string of the molecule is COc1cc(NC(=O)Nc2nc(-c3cc4ccccc4o3)cs2)cc(OC)c1OC. The van der Waals surface area contributed by atoms with Crippen LogP contribution in [0, 0.1) is 0 Å². The topological polar surface area (TPSA) is 94.9 Å². The maximum absolute atomic E-state index is 12.4. The number of amides is 2.